The first-order valence-electron chi connectivity index (χ1n) is 9.66. The van der Waals surface area contributed by atoms with Crippen molar-refractivity contribution in [2.75, 3.05) is 40.4 Å². The second kappa shape index (κ2) is 10.7. The fourth-order valence-corrected chi connectivity index (χ4v) is 3.90. The predicted octanol–water partition coefficient (Wildman–Crippen LogP) is 3.45. The lowest BCUT2D eigenvalue weighted by Crippen LogP contribution is -2.20. The van der Waals surface area contributed by atoms with Crippen LogP contribution in [0.25, 0.3) is 10.2 Å². The number of rotatable bonds is 10. The van der Waals surface area contributed by atoms with Crippen molar-refractivity contribution in [2.45, 2.75) is 12.8 Å². The molecule has 1 amide bonds. The van der Waals surface area contributed by atoms with Gasteiger partial charge < -0.3 is 23.7 Å². The summed E-state index contributed by atoms with van der Waals surface area (Å²) in [7, 11) is 6.15. The average Bonchev–Trinajstić information content (AvgIpc) is 3.21. The summed E-state index contributed by atoms with van der Waals surface area (Å²) in [4.78, 5) is 28.6. The van der Waals surface area contributed by atoms with Gasteiger partial charge in [0.1, 0.15) is 5.75 Å². The van der Waals surface area contributed by atoms with Crippen LogP contribution < -0.4 is 24.3 Å². The quantitative estimate of drug-likeness (QED) is 0.459. The number of fused-ring (bicyclic) bond motifs is 1. The largest absolute Gasteiger partial charge is 0.497 e. The van der Waals surface area contributed by atoms with Gasteiger partial charge in [-0.15, -0.1) is 0 Å². The van der Waals surface area contributed by atoms with Crippen molar-refractivity contribution in [2.24, 2.45) is 0 Å². The minimum Gasteiger partial charge on any atom is -0.497 e. The van der Waals surface area contributed by atoms with Crippen molar-refractivity contribution in [1.82, 2.24) is 4.98 Å². The molecule has 1 aromatic heterocycles. The number of thiazole rings is 1. The van der Waals surface area contributed by atoms with Crippen LogP contribution in [-0.2, 0) is 20.7 Å². The molecule has 0 saturated heterocycles. The van der Waals surface area contributed by atoms with Crippen LogP contribution in [0.5, 0.6) is 23.0 Å². The van der Waals surface area contributed by atoms with E-state index in [2.05, 4.69) is 10.3 Å². The average molecular weight is 461 g/mol. The van der Waals surface area contributed by atoms with Crippen LogP contribution in [0, 0.1) is 0 Å². The van der Waals surface area contributed by atoms with E-state index in [0.29, 0.717) is 34.6 Å². The first kappa shape index (κ1) is 23.1. The lowest BCUT2D eigenvalue weighted by molar-refractivity contribution is -0.147. The summed E-state index contributed by atoms with van der Waals surface area (Å²) in [6.07, 6.45) is 0.476. The van der Waals surface area contributed by atoms with Gasteiger partial charge in [0.2, 0.25) is 5.75 Å². The molecule has 1 heterocycles. The Bertz CT molecular complexity index is 1090. The lowest BCUT2D eigenvalue weighted by atomic mass is 10.1. The van der Waals surface area contributed by atoms with Gasteiger partial charge in [-0.2, -0.15) is 0 Å². The van der Waals surface area contributed by atoms with E-state index >= 15 is 0 Å². The molecule has 2 aromatic carbocycles. The third kappa shape index (κ3) is 5.58. The van der Waals surface area contributed by atoms with E-state index in [-0.39, 0.29) is 6.42 Å². The summed E-state index contributed by atoms with van der Waals surface area (Å²) in [6, 6.07) is 8.98. The molecule has 0 radical (unpaired) electrons. The Hall–Kier alpha value is -3.53. The highest BCUT2D eigenvalue weighted by Gasteiger charge is 2.15. The van der Waals surface area contributed by atoms with Crippen molar-refractivity contribution < 1.29 is 33.3 Å². The normalized spacial score (nSPS) is 10.5. The molecule has 0 bridgehead atoms. The second-order valence-electron chi connectivity index (χ2n) is 6.60. The zero-order chi connectivity index (χ0) is 23.1. The highest BCUT2D eigenvalue weighted by atomic mass is 32.1. The lowest BCUT2D eigenvalue weighted by Gasteiger charge is -2.14. The highest BCUT2D eigenvalue weighted by Crippen LogP contribution is 2.38. The van der Waals surface area contributed by atoms with Gasteiger partial charge in [-0.1, -0.05) is 11.3 Å². The maximum absolute atomic E-state index is 12.1. The number of hydrogen-bond donors (Lipinski definition) is 1. The molecule has 0 aliphatic rings. The van der Waals surface area contributed by atoms with Gasteiger partial charge in [-0.25, -0.2) is 4.98 Å². The van der Waals surface area contributed by atoms with Gasteiger partial charge in [0.25, 0.3) is 5.91 Å². The predicted molar refractivity (Wildman–Crippen MR) is 120 cm³/mol. The van der Waals surface area contributed by atoms with Crippen LogP contribution in [-0.4, -0.2) is 51.9 Å². The van der Waals surface area contributed by atoms with Crippen LogP contribution in [0.4, 0.5) is 5.13 Å². The van der Waals surface area contributed by atoms with E-state index < -0.39 is 18.5 Å². The molecule has 0 unspecified atom stereocenters. The first-order valence-corrected chi connectivity index (χ1v) is 10.5. The van der Waals surface area contributed by atoms with E-state index in [9.17, 15) is 9.59 Å². The third-order valence-electron chi connectivity index (χ3n) is 4.55. The Balaban J connectivity index is 1.51. The van der Waals surface area contributed by atoms with E-state index in [1.807, 2.05) is 12.1 Å². The Morgan fingerprint density at radius 3 is 2.31 bits per heavy atom. The van der Waals surface area contributed by atoms with Gasteiger partial charge >= 0.3 is 5.97 Å². The summed E-state index contributed by atoms with van der Waals surface area (Å²) >= 11 is 1.31. The molecule has 0 aliphatic heterocycles. The highest BCUT2D eigenvalue weighted by molar-refractivity contribution is 7.22. The van der Waals surface area contributed by atoms with Crippen molar-refractivity contribution in [3.8, 4) is 23.0 Å². The molecular weight excluding hydrogens is 436 g/mol. The van der Waals surface area contributed by atoms with Gasteiger partial charge in [0.15, 0.2) is 23.2 Å². The van der Waals surface area contributed by atoms with Gasteiger partial charge in [-0.05, 0) is 42.3 Å². The standard InChI is InChI=1S/C22H24N2O7S/c1-27-14-6-7-15-18(11-14)32-22(23-15)24-19(25)12-31-20(26)8-5-13-9-16(28-2)21(30-4)17(10-13)29-3/h6-7,9-11H,5,8,12H2,1-4H3,(H,23,24,25). The smallest absolute Gasteiger partial charge is 0.306 e. The molecule has 0 aliphatic carbocycles. The van der Waals surface area contributed by atoms with Crippen molar-refractivity contribution in [3.05, 3.63) is 35.9 Å². The van der Waals surface area contributed by atoms with Gasteiger partial charge in [-0.3, -0.25) is 14.9 Å². The van der Waals surface area contributed by atoms with Crippen molar-refractivity contribution in [1.29, 1.82) is 0 Å². The van der Waals surface area contributed by atoms with Crippen LogP contribution in [0.2, 0.25) is 0 Å². The number of carbonyl (C=O) groups is 2. The van der Waals surface area contributed by atoms with Crippen molar-refractivity contribution >= 4 is 38.6 Å². The number of hydrogen-bond acceptors (Lipinski definition) is 9. The molecule has 32 heavy (non-hydrogen) atoms. The summed E-state index contributed by atoms with van der Waals surface area (Å²) in [5, 5.41) is 3.07. The minimum atomic E-state index is -0.497. The van der Waals surface area contributed by atoms with E-state index in [1.54, 1.807) is 25.3 Å². The summed E-state index contributed by atoms with van der Waals surface area (Å²) in [5.41, 5.74) is 1.55. The van der Waals surface area contributed by atoms with E-state index in [4.69, 9.17) is 23.7 Å². The Morgan fingerprint density at radius 1 is 0.969 bits per heavy atom. The topological polar surface area (TPSA) is 105 Å². The number of carbonyl (C=O) groups excluding carboxylic acids is 2. The molecule has 3 aromatic rings. The van der Waals surface area contributed by atoms with Crippen molar-refractivity contribution in [3.63, 3.8) is 0 Å². The molecule has 0 atom stereocenters. The fourth-order valence-electron chi connectivity index (χ4n) is 2.99. The van der Waals surface area contributed by atoms with Crippen LogP contribution in [0.1, 0.15) is 12.0 Å². The number of aromatic nitrogens is 1. The van der Waals surface area contributed by atoms with Crippen LogP contribution in [0.15, 0.2) is 30.3 Å². The van der Waals surface area contributed by atoms with Crippen LogP contribution in [0.3, 0.4) is 0 Å². The summed E-state index contributed by atoms with van der Waals surface area (Å²) in [5.74, 6) is 1.23. The number of aryl methyl sites for hydroxylation is 1. The van der Waals surface area contributed by atoms with E-state index in [0.717, 1.165) is 15.8 Å². The summed E-state index contributed by atoms with van der Waals surface area (Å²) < 4.78 is 27.1. The molecule has 0 spiro atoms. The SMILES string of the molecule is COc1ccc2nc(NC(=O)COC(=O)CCc3cc(OC)c(OC)c(OC)c3)sc2c1. The maximum Gasteiger partial charge on any atom is 0.306 e. The molecule has 1 N–H and O–H groups in total. The zero-order valence-corrected chi connectivity index (χ0v) is 19.0. The maximum atomic E-state index is 12.1. The number of esters is 1. The Labute approximate surface area is 189 Å². The molecule has 170 valence electrons. The molecular formula is C22H24N2O7S. The molecule has 0 fully saturated rings. The molecule has 10 heteroatoms. The number of methoxy groups -OCH3 is 4. The Kier molecular flexibility index (Phi) is 7.72. The minimum absolute atomic E-state index is 0.0901. The zero-order valence-electron chi connectivity index (χ0n) is 18.2. The van der Waals surface area contributed by atoms with Crippen LogP contribution >= 0.6 is 11.3 Å². The number of nitrogens with one attached hydrogen (secondary N) is 1. The van der Waals surface area contributed by atoms with E-state index in [1.165, 1.54) is 32.7 Å². The molecule has 9 nitrogen and oxygen atoms in total. The molecule has 3 rings (SSSR count). The van der Waals surface area contributed by atoms with Gasteiger partial charge in [0.05, 0.1) is 38.7 Å². The summed E-state index contributed by atoms with van der Waals surface area (Å²) in [6.45, 7) is -0.396. The third-order valence-corrected chi connectivity index (χ3v) is 5.48. The molecule has 0 saturated carbocycles. The second-order valence-corrected chi connectivity index (χ2v) is 7.63. The Morgan fingerprint density at radius 2 is 1.69 bits per heavy atom. The van der Waals surface area contributed by atoms with Gasteiger partial charge in [0, 0.05) is 6.42 Å². The first-order chi connectivity index (χ1) is 15.5. The number of ether oxygens (including phenoxy) is 5. The number of amides is 1. The monoisotopic (exact) mass is 460 g/mol. The number of anilines is 1. The number of nitrogens with zero attached hydrogens (tertiary/aromatic N) is 1. The number of benzene rings is 2. The fraction of sp³-hybridized carbons (Fsp3) is 0.318.